The van der Waals surface area contributed by atoms with Gasteiger partial charge in [-0.1, -0.05) is 17.7 Å². The molecule has 1 aromatic carbocycles. The minimum atomic E-state index is 0.508. The standard InChI is InChI=1S/C15H12ClN3/c1-9-10(2)18-15(19-14(9)16)12-5-6-13-11(8-12)4-3-7-17-13/h3-8H,1-2H3. The summed E-state index contributed by atoms with van der Waals surface area (Å²) in [5.74, 6) is 0.652. The van der Waals surface area contributed by atoms with Crippen LogP contribution in [0.4, 0.5) is 0 Å². The van der Waals surface area contributed by atoms with Crippen LogP contribution in [0, 0.1) is 13.8 Å². The highest BCUT2D eigenvalue weighted by Crippen LogP contribution is 2.24. The van der Waals surface area contributed by atoms with Gasteiger partial charge in [-0.15, -0.1) is 0 Å². The van der Waals surface area contributed by atoms with Gasteiger partial charge in [0.05, 0.1) is 5.52 Å². The number of hydrogen-bond donors (Lipinski definition) is 0. The van der Waals surface area contributed by atoms with Crippen LogP contribution in [-0.4, -0.2) is 15.0 Å². The normalized spacial score (nSPS) is 10.9. The first-order valence-electron chi connectivity index (χ1n) is 6.01. The van der Waals surface area contributed by atoms with Gasteiger partial charge in [0.15, 0.2) is 5.82 Å². The fourth-order valence-electron chi connectivity index (χ4n) is 1.94. The number of hydrogen-bond acceptors (Lipinski definition) is 3. The number of pyridine rings is 1. The van der Waals surface area contributed by atoms with E-state index in [-0.39, 0.29) is 0 Å². The number of rotatable bonds is 1. The summed E-state index contributed by atoms with van der Waals surface area (Å²) >= 11 is 6.12. The third kappa shape index (κ3) is 2.17. The van der Waals surface area contributed by atoms with E-state index in [1.54, 1.807) is 6.20 Å². The van der Waals surface area contributed by atoms with Crippen LogP contribution in [-0.2, 0) is 0 Å². The zero-order valence-corrected chi connectivity index (χ0v) is 11.4. The number of aryl methyl sites for hydroxylation is 1. The molecule has 0 amide bonds. The fraction of sp³-hybridized carbons (Fsp3) is 0.133. The number of aromatic nitrogens is 3. The van der Waals surface area contributed by atoms with Crippen molar-refractivity contribution in [1.29, 1.82) is 0 Å². The summed E-state index contributed by atoms with van der Waals surface area (Å²) in [6, 6.07) is 9.91. The van der Waals surface area contributed by atoms with Crippen molar-refractivity contribution in [1.82, 2.24) is 15.0 Å². The Morgan fingerprint density at radius 2 is 1.89 bits per heavy atom. The van der Waals surface area contributed by atoms with Crippen molar-refractivity contribution in [3.05, 3.63) is 52.9 Å². The molecule has 0 saturated carbocycles. The molecule has 0 fully saturated rings. The maximum absolute atomic E-state index is 6.12. The molecule has 0 N–H and O–H groups in total. The molecule has 2 aromatic heterocycles. The van der Waals surface area contributed by atoms with Crippen molar-refractivity contribution in [2.45, 2.75) is 13.8 Å². The summed E-state index contributed by atoms with van der Waals surface area (Å²) in [5, 5.41) is 1.58. The lowest BCUT2D eigenvalue weighted by atomic mass is 10.1. The Kier molecular flexibility index (Phi) is 2.91. The van der Waals surface area contributed by atoms with Gasteiger partial charge in [-0.05, 0) is 38.1 Å². The topological polar surface area (TPSA) is 38.7 Å². The number of benzene rings is 1. The molecule has 0 atom stereocenters. The predicted octanol–water partition coefficient (Wildman–Crippen LogP) is 3.96. The molecule has 0 saturated heterocycles. The molecular formula is C15H12ClN3. The van der Waals surface area contributed by atoms with Crippen LogP contribution in [0.2, 0.25) is 5.15 Å². The van der Waals surface area contributed by atoms with E-state index in [0.29, 0.717) is 11.0 Å². The molecule has 3 nitrogen and oxygen atoms in total. The van der Waals surface area contributed by atoms with Crippen LogP contribution >= 0.6 is 11.6 Å². The van der Waals surface area contributed by atoms with Crippen molar-refractivity contribution >= 4 is 22.5 Å². The van der Waals surface area contributed by atoms with Crippen LogP contribution in [0.1, 0.15) is 11.3 Å². The van der Waals surface area contributed by atoms with Crippen LogP contribution in [0.25, 0.3) is 22.3 Å². The third-order valence-corrected chi connectivity index (χ3v) is 3.56. The van der Waals surface area contributed by atoms with Gasteiger partial charge in [0.1, 0.15) is 5.15 Å². The average molecular weight is 270 g/mol. The van der Waals surface area contributed by atoms with E-state index in [9.17, 15) is 0 Å². The molecule has 0 aliphatic heterocycles. The number of halogens is 1. The van der Waals surface area contributed by atoms with Gasteiger partial charge in [0.2, 0.25) is 0 Å². The van der Waals surface area contributed by atoms with Crippen LogP contribution in [0.3, 0.4) is 0 Å². The van der Waals surface area contributed by atoms with Gasteiger partial charge in [-0.25, -0.2) is 9.97 Å². The predicted molar refractivity (Wildman–Crippen MR) is 77.3 cm³/mol. The largest absolute Gasteiger partial charge is 0.256 e. The minimum Gasteiger partial charge on any atom is -0.256 e. The van der Waals surface area contributed by atoms with Crippen LogP contribution < -0.4 is 0 Å². The Morgan fingerprint density at radius 3 is 2.68 bits per heavy atom. The number of fused-ring (bicyclic) bond motifs is 1. The van der Waals surface area contributed by atoms with Gasteiger partial charge < -0.3 is 0 Å². The molecule has 0 unspecified atom stereocenters. The molecule has 0 bridgehead atoms. The molecule has 0 aliphatic rings. The minimum absolute atomic E-state index is 0.508. The average Bonchev–Trinajstić information content (AvgIpc) is 2.43. The highest BCUT2D eigenvalue weighted by atomic mass is 35.5. The summed E-state index contributed by atoms with van der Waals surface area (Å²) in [5.41, 5.74) is 3.74. The van der Waals surface area contributed by atoms with Gasteiger partial charge in [-0.2, -0.15) is 0 Å². The second-order valence-electron chi connectivity index (χ2n) is 4.46. The Labute approximate surface area is 116 Å². The van der Waals surface area contributed by atoms with Crippen molar-refractivity contribution in [2.75, 3.05) is 0 Å². The molecule has 3 rings (SSSR count). The first-order chi connectivity index (χ1) is 9.15. The lowest BCUT2D eigenvalue weighted by molar-refractivity contribution is 1.07. The molecule has 0 spiro atoms. The maximum Gasteiger partial charge on any atom is 0.161 e. The lowest BCUT2D eigenvalue weighted by Crippen LogP contribution is -1.96. The van der Waals surface area contributed by atoms with Gasteiger partial charge >= 0.3 is 0 Å². The van der Waals surface area contributed by atoms with Crippen molar-refractivity contribution in [3.63, 3.8) is 0 Å². The lowest BCUT2D eigenvalue weighted by Gasteiger charge is -2.06. The molecule has 0 radical (unpaired) electrons. The number of nitrogens with zero attached hydrogens (tertiary/aromatic N) is 3. The zero-order chi connectivity index (χ0) is 13.4. The first kappa shape index (κ1) is 12.1. The smallest absolute Gasteiger partial charge is 0.161 e. The van der Waals surface area contributed by atoms with Crippen LogP contribution in [0.5, 0.6) is 0 Å². The van der Waals surface area contributed by atoms with E-state index >= 15 is 0 Å². The SMILES string of the molecule is Cc1nc(-c2ccc3ncccc3c2)nc(Cl)c1C. The van der Waals surface area contributed by atoms with E-state index in [2.05, 4.69) is 15.0 Å². The summed E-state index contributed by atoms with van der Waals surface area (Å²) in [6.45, 7) is 3.86. The Balaban J connectivity index is 2.19. The van der Waals surface area contributed by atoms with Gasteiger partial charge in [-0.3, -0.25) is 4.98 Å². The summed E-state index contributed by atoms with van der Waals surface area (Å²) < 4.78 is 0. The molecule has 3 aromatic rings. The zero-order valence-electron chi connectivity index (χ0n) is 10.7. The Bertz CT molecular complexity index is 745. The Hall–Kier alpha value is -2.00. The second kappa shape index (κ2) is 4.59. The van der Waals surface area contributed by atoms with Crippen molar-refractivity contribution in [2.24, 2.45) is 0 Å². The van der Waals surface area contributed by atoms with Gasteiger partial charge in [0.25, 0.3) is 0 Å². The fourth-order valence-corrected chi connectivity index (χ4v) is 2.15. The summed E-state index contributed by atoms with van der Waals surface area (Å²) in [4.78, 5) is 13.1. The molecule has 4 heteroatoms. The summed E-state index contributed by atoms with van der Waals surface area (Å²) in [6.07, 6.45) is 1.78. The van der Waals surface area contributed by atoms with E-state index in [1.165, 1.54) is 0 Å². The molecule has 0 aliphatic carbocycles. The third-order valence-electron chi connectivity index (χ3n) is 3.19. The van der Waals surface area contributed by atoms with Gasteiger partial charge in [0, 0.05) is 28.4 Å². The van der Waals surface area contributed by atoms with Crippen LogP contribution in [0.15, 0.2) is 36.5 Å². The van der Waals surface area contributed by atoms with E-state index < -0.39 is 0 Å². The highest BCUT2D eigenvalue weighted by Gasteiger charge is 2.08. The molecule has 19 heavy (non-hydrogen) atoms. The second-order valence-corrected chi connectivity index (χ2v) is 4.82. The maximum atomic E-state index is 6.12. The Morgan fingerprint density at radius 1 is 1.05 bits per heavy atom. The highest BCUT2D eigenvalue weighted by molar-refractivity contribution is 6.30. The van der Waals surface area contributed by atoms with E-state index in [1.807, 2.05) is 44.2 Å². The summed E-state index contributed by atoms with van der Waals surface area (Å²) in [7, 11) is 0. The van der Waals surface area contributed by atoms with E-state index in [4.69, 9.17) is 11.6 Å². The van der Waals surface area contributed by atoms with Crippen molar-refractivity contribution in [3.8, 4) is 11.4 Å². The molecule has 94 valence electrons. The van der Waals surface area contributed by atoms with E-state index in [0.717, 1.165) is 27.7 Å². The monoisotopic (exact) mass is 269 g/mol. The van der Waals surface area contributed by atoms with Crippen molar-refractivity contribution < 1.29 is 0 Å². The molecule has 2 heterocycles. The first-order valence-corrected chi connectivity index (χ1v) is 6.39. The quantitative estimate of drug-likeness (QED) is 0.628. The molecular weight excluding hydrogens is 258 g/mol.